The van der Waals surface area contributed by atoms with Crippen molar-refractivity contribution in [3.8, 4) is 11.5 Å². The molecule has 7 nitrogen and oxygen atoms in total. The molecule has 1 N–H and O–H groups in total. The molecule has 122 valence electrons. The number of carbonyl (C=O) groups is 3. The smallest absolute Gasteiger partial charge is 0.266 e. The summed E-state index contributed by atoms with van der Waals surface area (Å²) in [5.74, 6) is -0.878. The number of fused-ring (bicyclic) bond motifs is 1. The van der Waals surface area contributed by atoms with Crippen LogP contribution in [0.25, 0.3) is 0 Å². The molecule has 0 atom stereocenters. The molecule has 2 aliphatic heterocycles. The lowest BCUT2D eigenvalue weighted by Crippen LogP contribution is -2.54. The first-order chi connectivity index (χ1) is 11.5. The van der Waals surface area contributed by atoms with Crippen molar-refractivity contribution in [3.05, 3.63) is 48.1 Å². The van der Waals surface area contributed by atoms with E-state index in [1.54, 1.807) is 6.07 Å². The molecule has 2 heterocycles. The number of thiocarbonyl (C=S) groups is 1. The molecule has 3 rings (SSSR count). The second-order valence-electron chi connectivity index (χ2n) is 4.95. The molecule has 1 aromatic carbocycles. The first-order valence-corrected chi connectivity index (χ1v) is 7.36. The van der Waals surface area contributed by atoms with Gasteiger partial charge < -0.3 is 9.47 Å². The van der Waals surface area contributed by atoms with Crippen molar-refractivity contribution < 1.29 is 23.9 Å². The Morgan fingerprint density at radius 2 is 2.08 bits per heavy atom. The van der Waals surface area contributed by atoms with Crippen molar-refractivity contribution in [3.63, 3.8) is 0 Å². The first kappa shape index (κ1) is 15.9. The number of nitrogens with zero attached hydrogens (tertiary/aromatic N) is 1. The highest BCUT2D eigenvalue weighted by atomic mass is 32.1. The second-order valence-corrected chi connectivity index (χ2v) is 5.34. The normalized spacial score (nSPS) is 17.9. The van der Waals surface area contributed by atoms with Crippen LogP contribution in [0.3, 0.4) is 0 Å². The number of carbonyl (C=O) groups excluding carboxylic acids is 3. The van der Waals surface area contributed by atoms with E-state index in [-0.39, 0.29) is 29.6 Å². The predicted octanol–water partition coefficient (Wildman–Crippen LogP) is 0.954. The summed E-state index contributed by atoms with van der Waals surface area (Å²) in [6.07, 6.45) is 2.46. The lowest BCUT2D eigenvalue weighted by molar-refractivity contribution is -0.128. The number of benzene rings is 1. The Bertz CT molecular complexity index is 815. The van der Waals surface area contributed by atoms with Crippen LogP contribution in [0.5, 0.6) is 11.5 Å². The molecular formula is C16H12N2O5S. The van der Waals surface area contributed by atoms with Crippen molar-refractivity contribution >= 4 is 34.9 Å². The summed E-state index contributed by atoms with van der Waals surface area (Å²) in [7, 11) is 0. The molecule has 8 heteroatoms. The summed E-state index contributed by atoms with van der Waals surface area (Å²) >= 11 is 4.94. The summed E-state index contributed by atoms with van der Waals surface area (Å²) in [6.45, 7) is 3.75. The third-order valence-corrected chi connectivity index (χ3v) is 3.75. The molecule has 1 aromatic rings. The van der Waals surface area contributed by atoms with Crippen LogP contribution in [0.2, 0.25) is 0 Å². The van der Waals surface area contributed by atoms with Gasteiger partial charge in [0.1, 0.15) is 5.57 Å². The Balaban J connectivity index is 1.89. The minimum absolute atomic E-state index is 0.0161. The van der Waals surface area contributed by atoms with E-state index in [0.717, 1.165) is 11.0 Å². The van der Waals surface area contributed by atoms with E-state index in [4.69, 9.17) is 21.7 Å². The van der Waals surface area contributed by atoms with Crippen molar-refractivity contribution in [2.75, 3.05) is 13.3 Å². The fraction of sp³-hybridized carbons (Fsp3) is 0.125. The Hall–Kier alpha value is -3.00. The van der Waals surface area contributed by atoms with Gasteiger partial charge in [0.2, 0.25) is 6.79 Å². The number of amides is 2. The zero-order valence-electron chi connectivity index (χ0n) is 12.4. The average Bonchev–Trinajstić information content (AvgIpc) is 3.02. The standard InChI is InChI=1S/C16H12N2O5S/c1-2-5-18-15(21)10(14(20)17-16(18)24)7-11(19)9-3-4-12-13(6-9)23-8-22-12/h2-4,6-7H,1,5,8H2,(H,17,20,24)/b10-7+. The van der Waals surface area contributed by atoms with Gasteiger partial charge in [-0.2, -0.15) is 0 Å². The minimum Gasteiger partial charge on any atom is -0.454 e. The second kappa shape index (κ2) is 6.25. The molecule has 0 unspecified atom stereocenters. The summed E-state index contributed by atoms with van der Waals surface area (Å²) in [4.78, 5) is 37.9. The molecule has 0 bridgehead atoms. The highest BCUT2D eigenvalue weighted by Gasteiger charge is 2.33. The number of hydrogen-bond acceptors (Lipinski definition) is 6. The minimum atomic E-state index is -0.709. The lowest BCUT2D eigenvalue weighted by atomic mass is 10.0. The third-order valence-electron chi connectivity index (χ3n) is 3.43. The number of hydrogen-bond donors (Lipinski definition) is 1. The predicted molar refractivity (Wildman–Crippen MR) is 87.6 cm³/mol. The third kappa shape index (κ3) is 2.79. The van der Waals surface area contributed by atoms with Crippen LogP contribution >= 0.6 is 12.2 Å². The molecular weight excluding hydrogens is 332 g/mol. The largest absolute Gasteiger partial charge is 0.454 e. The van der Waals surface area contributed by atoms with Crippen molar-refractivity contribution in [2.45, 2.75) is 0 Å². The van der Waals surface area contributed by atoms with Crippen LogP contribution in [0.4, 0.5) is 0 Å². The monoisotopic (exact) mass is 344 g/mol. The van der Waals surface area contributed by atoms with Gasteiger partial charge in [-0.15, -0.1) is 6.58 Å². The van der Waals surface area contributed by atoms with Gasteiger partial charge in [-0.05, 0) is 30.4 Å². The molecule has 2 amide bonds. The average molecular weight is 344 g/mol. The van der Waals surface area contributed by atoms with Gasteiger partial charge >= 0.3 is 0 Å². The van der Waals surface area contributed by atoms with Gasteiger partial charge in [-0.3, -0.25) is 24.6 Å². The van der Waals surface area contributed by atoms with E-state index in [2.05, 4.69) is 11.9 Å². The van der Waals surface area contributed by atoms with Crippen molar-refractivity contribution in [1.29, 1.82) is 0 Å². The molecule has 0 radical (unpaired) electrons. The zero-order valence-corrected chi connectivity index (χ0v) is 13.2. The molecule has 1 saturated heterocycles. The molecule has 0 saturated carbocycles. The Morgan fingerprint density at radius 3 is 2.83 bits per heavy atom. The van der Waals surface area contributed by atoms with Crippen LogP contribution in [0.15, 0.2) is 42.5 Å². The van der Waals surface area contributed by atoms with E-state index in [9.17, 15) is 14.4 Å². The molecule has 2 aliphatic rings. The van der Waals surface area contributed by atoms with Gasteiger partial charge in [0.05, 0.1) is 0 Å². The molecule has 0 aromatic heterocycles. The maximum absolute atomic E-state index is 12.4. The highest BCUT2D eigenvalue weighted by molar-refractivity contribution is 7.80. The highest BCUT2D eigenvalue weighted by Crippen LogP contribution is 2.32. The Kier molecular flexibility index (Phi) is 4.13. The topological polar surface area (TPSA) is 84.9 Å². The summed E-state index contributed by atoms with van der Waals surface area (Å²) in [5, 5.41) is 2.36. The molecule has 1 fully saturated rings. The van der Waals surface area contributed by atoms with Crippen LogP contribution in [0, 0.1) is 0 Å². The van der Waals surface area contributed by atoms with E-state index in [1.165, 1.54) is 18.2 Å². The van der Waals surface area contributed by atoms with Gasteiger partial charge in [-0.1, -0.05) is 6.08 Å². The van der Waals surface area contributed by atoms with Gasteiger partial charge in [0, 0.05) is 18.2 Å². The number of ether oxygens (including phenoxy) is 2. The van der Waals surface area contributed by atoms with Gasteiger partial charge in [-0.25, -0.2) is 0 Å². The molecule has 0 spiro atoms. The molecule has 0 aliphatic carbocycles. The maximum Gasteiger partial charge on any atom is 0.266 e. The van der Waals surface area contributed by atoms with Gasteiger partial charge in [0.25, 0.3) is 11.8 Å². The SMILES string of the molecule is C=CCN1C(=O)/C(=C/C(=O)c2ccc3c(c2)OCO3)C(=O)NC1=S. The number of allylic oxidation sites excluding steroid dienone is 1. The number of ketones is 1. The van der Waals surface area contributed by atoms with E-state index in [1.807, 2.05) is 0 Å². The van der Waals surface area contributed by atoms with Crippen LogP contribution in [0.1, 0.15) is 10.4 Å². The zero-order chi connectivity index (χ0) is 17.3. The quantitative estimate of drug-likeness (QED) is 0.288. The first-order valence-electron chi connectivity index (χ1n) is 6.95. The fourth-order valence-corrected chi connectivity index (χ4v) is 2.50. The lowest BCUT2D eigenvalue weighted by Gasteiger charge is -2.27. The van der Waals surface area contributed by atoms with E-state index in [0.29, 0.717) is 11.5 Å². The van der Waals surface area contributed by atoms with Crippen molar-refractivity contribution in [2.24, 2.45) is 0 Å². The van der Waals surface area contributed by atoms with Crippen LogP contribution in [-0.4, -0.2) is 40.9 Å². The van der Waals surface area contributed by atoms with Crippen LogP contribution in [-0.2, 0) is 9.59 Å². The summed E-state index contributed by atoms with van der Waals surface area (Å²) in [6, 6.07) is 4.62. The maximum atomic E-state index is 12.4. The Labute approximate surface area is 142 Å². The number of nitrogens with one attached hydrogen (secondary N) is 1. The number of rotatable bonds is 4. The molecule has 24 heavy (non-hydrogen) atoms. The van der Waals surface area contributed by atoms with Gasteiger partial charge in [0.15, 0.2) is 22.4 Å². The van der Waals surface area contributed by atoms with Crippen molar-refractivity contribution in [1.82, 2.24) is 10.2 Å². The summed E-state index contributed by atoms with van der Waals surface area (Å²) < 4.78 is 10.4. The summed E-state index contributed by atoms with van der Waals surface area (Å²) in [5.41, 5.74) is -0.0103. The van der Waals surface area contributed by atoms with E-state index >= 15 is 0 Å². The van der Waals surface area contributed by atoms with E-state index < -0.39 is 17.6 Å². The fourth-order valence-electron chi connectivity index (χ4n) is 2.25. The Morgan fingerprint density at radius 1 is 1.33 bits per heavy atom. The van der Waals surface area contributed by atoms with Crippen LogP contribution < -0.4 is 14.8 Å².